The number of hydrogen-bond donors (Lipinski definition) is 1. The molecule has 0 spiro atoms. The third-order valence-electron chi connectivity index (χ3n) is 4.55. The van der Waals surface area contributed by atoms with Crippen molar-refractivity contribution in [3.63, 3.8) is 0 Å². The second-order valence-electron chi connectivity index (χ2n) is 6.29. The van der Waals surface area contributed by atoms with E-state index in [2.05, 4.69) is 5.32 Å². The van der Waals surface area contributed by atoms with Crippen LogP contribution in [0.5, 0.6) is 5.75 Å². The summed E-state index contributed by atoms with van der Waals surface area (Å²) in [6.07, 6.45) is 0.496. The van der Waals surface area contributed by atoms with Crippen LogP contribution in [-0.4, -0.2) is 13.0 Å². The largest absolute Gasteiger partial charge is 0.495 e. The molecule has 0 bridgehead atoms. The molecule has 0 unspecified atom stereocenters. The molecule has 3 aromatic carbocycles. The Morgan fingerprint density at radius 2 is 1.81 bits per heavy atom. The van der Waals surface area contributed by atoms with Gasteiger partial charge >= 0.3 is 0 Å². The van der Waals surface area contributed by atoms with E-state index in [-0.39, 0.29) is 18.1 Å². The summed E-state index contributed by atoms with van der Waals surface area (Å²) in [7, 11) is 1.55. The van der Waals surface area contributed by atoms with E-state index < -0.39 is 0 Å². The number of amides is 1. The predicted molar refractivity (Wildman–Crippen MR) is 104 cm³/mol. The van der Waals surface area contributed by atoms with Gasteiger partial charge in [-0.3, -0.25) is 4.79 Å². The lowest BCUT2D eigenvalue weighted by molar-refractivity contribution is -0.116. The average Bonchev–Trinajstić information content (AvgIpc) is 3.04. The summed E-state index contributed by atoms with van der Waals surface area (Å²) < 4.78 is 25.0. The maximum Gasteiger partial charge on any atom is 0.224 e. The molecule has 4 nitrogen and oxygen atoms in total. The van der Waals surface area contributed by atoms with E-state index in [9.17, 15) is 9.18 Å². The van der Waals surface area contributed by atoms with Gasteiger partial charge in [0.25, 0.3) is 0 Å². The fraction of sp³-hybridized carbons (Fsp3) is 0.136. The normalized spacial score (nSPS) is 11.0. The molecule has 0 saturated carbocycles. The minimum atomic E-state index is -0.299. The SMILES string of the molecule is COc1cc2c(cc1NC(=O)CCc1ccccc1F)oc1ccccc12. The number of fused-ring (bicyclic) bond motifs is 3. The van der Waals surface area contributed by atoms with E-state index in [1.54, 1.807) is 31.4 Å². The number of ether oxygens (including phenoxy) is 1. The number of rotatable bonds is 5. The van der Waals surface area contributed by atoms with Gasteiger partial charge in [0.15, 0.2) is 0 Å². The zero-order valence-corrected chi connectivity index (χ0v) is 14.8. The van der Waals surface area contributed by atoms with E-state index in [1.165, 1.54) is 6.07 Å². The summed E-state index contributed by atoms with van der Waals surface area (Å²) in [6, 6.07) is 17.8. The number of carbonyl (C=O) groups excluding carboxylic acids is 1. The third kappa shape index (κ3) is 3.36. The topological polar surface area (TPSA) is 51.5 Å². The number of furan rings is 1. The molecule has 0 atom stereocenters. The van der Waals surface area contributed by atoms with Crippen LogP contribution in [-0.2, 0) is 11.2 Å². The van der Waals surface area contributed by atoms with Gasteiger partial charge in [0.2, 0.25) is 5.91 Å². The Hall–Kier alpha value is -3.34. The van der Waals surface area contributed by atoms with Gasteiger partial charge in [0.05, 0.1) is 12.8 Å². The van der Waals surface area contributed by atoms with Crippen molar-refractivity contribution in [1.29, 1.82) is 0 Å². The number of nitrogens with one attached hydrogen (secondary N) is 1. The van der Waals surface area contributed by atoms with E-state index in [1.807, 2.05) is 30.3 Å². The molecule has 0 radical (unpaired) electrons. The second kappa shape index (κ2) is 7.11. The second-order valence-corrected chi connectivity index (χ2v) is 6.29. The smallest absolute Gasteiger partial charge is 0.224 e. The van der Waals surface area contributed by atoms with Gasteiger partial charge in [-0.1, -0.05) is 36.4 Å². The molecule has 4 rings (SSSR count). The maximum absolute atomic E-state index is 13.7. The molecule has 0 aliphatic rings. The van der Waals surface area contributed by atoms with Crippen molar-refractivity contribution >= 4 is 33.5 Å². The van der Waals surface area contributed by atoms with E-state index in [0.717, 1.165) is 16.4 Å². The van der Waals surface area contributed by atoms with Crippen molar-refractivity contribution in [2.24, 2.45) is 0 Å². The monoisotopic (exact) mass is 363 g/mol. The highest BCUT2D eigenvalue weighted by Gasteiger charge is 2.14. The van der Waals surface area contributed by atoms with Crippen LogP contribution in [0.2, 0.25) is 0 Å². The summed E-state index contributed by atoms with van der Waals surface area (Å²) in [5.74, 6) is 0.0342. The Labute approximate surface area is 155 Å². The van der Waals surface area contributed by atoms with Crippen LogP contribution in [0.25, 0.3) is 21.9 Å². The quantitative estimate of drug-likeness (QED) is 0.523. The number of benzene rings is 3. The van der Waals surface area contributed by atoms with Crippen molar-refractivity contribution < 1.29 is 18.3 Å². The molecule has 0 aliphatic heterocycles. The first kappa shape index (κ1) is 17.1. The molecule has 0 fully saturated rings. The predicted octanol–water partition coefficient (Wildman–Crippen LogP) is 5.31. The molecule has 1 heterocycles. The van der Waals surface area contributed by atoms with Crippen LogP contribution >= 0.6 is 0 Å². The van der Waals surface area contributed by atoms with Crippen LogP contribution in [0.3, 0.4) is 0 Å². The van der Waals surface area contributed by atoms with Crippen LogP contribution in [0.15, 0.2) is 65.1 Å². The summed E-state index contributed by atoms with van der Waals surface area (Å²) in [5.41, 5.74) is 2.49. The number of halogens is 1. The van der Waals surface area contributed by atoms with Gasteiger partial charge in [-0.15, -0.1) is 0 Å². The fourth-order valence-electron chi connectivity index (χ4n) is 3.18. The molecule has 1 amide bonds. The summed E-state index contributed by atoms with van der Waals surface area (Å²) in [5, 5.41) is 4.75. The molecule has 27 heavy (non-hydrogen) atoms. The van der Waals surface area contributed by atoms with Gasteiger partial charge in [0.1, 0.15) is 22.7 Å². The van der Waals surface area contributed by atoms with Gasteiger partial charge in [-0.05, 0) is 30.2 Å². The van der Waals surface area contributed by atoms with Crippen molar-refractivity contribution in [1.82, 2.24) is 0 Å². The van der Waals surface area contributed by atoms with Crippen molar-refractivity contribution in [3.05, 3.63) is 72.0 Å². The number of anilines is 1. The van der Waals surface area contributed by atoms with Gasteiger partial charge < -0.3 is 14.5 Å². The number of aryl methyl sites for hydroxylation is 1. The molecule has 5 heteroatoms. The molecule has 0 saturated heterocycles. The average molecular weight is 363 g/mol. The van der Waals surface area contributed by atoms with Crippen molar-refractivity contribution in [2.45, 2.75) is 12.8 Å². The molecule has 0 aliphatic carbocycles. The highest BCUT2D eigenvalue weighted by Crippen LogP contribution is 2.36. The zero-order chi connectivity index (χ0) is 18.8. The fourth-order valence-corrected chi connectivity index (χ4v) is 3.18. The van der Waals surface area contributed by atoms with Gasteiger partial charge in [-0.2, -0.15) is 0 Å². The molecular formula is C22H18FNO3. The van der Waals surface area contributed by atoms with E-state index in [4.69, 9.17) is 9.15 Å². The number of carbonyl (C=O) groups is 1. The van der Waals surface area contributed by atoms with Crippen LogP contribution < -0.4 is 10.1 Å². The Bertz CT molecular complexity index is 1130. The Balaban J connectivity index is 1.58. The number of hydrogen-bond acceptors (Lipinski definition) is 3. The lowest BCUT2D eigenvalue weighted by atomic mass is 10.1. The van der Waals surface area contributed by atoms with E-state index >= 15 is 0 Å². The minimum Gasteiger partial charge on any atom is -0.495 e. The molecule has 4 aromatic rings. The Morgan fingerprint density at radius 1 is 1.04 bits per heavy atom. The number of methoxy groups -OCH3 is 1. The highest BCUT2D eigenvalue weighted by molar-refractivity contribution is 6.07. The first-order chi connectivity index (χ1) is 13.2. The molecule has 1 aromatic heterocycles. The summed E-state index contributed by atoms with van der Waals surface area (Å²) >= 11 is 0. The van der Waals surface area contributed by atoms with Crippen molar-refractivity contribution in [2.75, 3.05) is 12.4 Å². The summed E-state index contributed by atoms with van der Waals surface area (Å²) in [4.78, 5) is 12.4. The lowest BCUT2D eigenvalue weighted by Gasteiger charge is -2.10. The first-order valence-corrected chi connectivity index (χ1v) is 8.68. The standard InChI is InChI=1S/C22H18FNO3/c1-26-21-12-16-15-7-3-5-9-19(15)27-20(16)13-18(21)24-22(25)11-10-14-6-2-4-8-17(14)23/h2-9,12-13H,10-11H2,1H3,(H,24,25). The van der Waals surface area contributed by atoms with Crippen LogP contribution in [0, 0.1) is 5.82 Å². The third-order valence-corrected chi connectivity index (χ3v) is 4.55. The van der Waals surface area contributed by atoms with E-state index in [0.29, 0.717) is 29.0 Å². The van der Waals surface area contributed by atoms with Gasteiger partial charge in [0, 0.05) is 23.3 Å². The van der Waals surface area contributed by atoms with Crippen LogP contribution in [0.4, 0.5) is 10.1 Å². The first-order valence-electron chi connectivity index (χ1n) is 8.68. The Morgan fingerprint density at radius 3 is 2.63 bits per heavy atom. The minimum absolute atomic E-state index is 0.169. The Kier molecular flexibility index (Phi) is 4.50. The maximum atomic E-state index is 13.7. The van der Waals surface area contributed by atoms with Crippen molar-refractivity contribution in [3.8, 4) is 5.75 Å². The highest BCUT2D eigenvalue weighted by atomic mass is 19.1. The number of para-hydroxylation sites is 1. The van der Waals surface area contributed by atoms with Crippen LogP contribution in [0.1, 0.15) is 12.0 Å². The summed E-state index contributed by atoms with van der Waals surface area (Å²) in [6.45, 7) is 0. The van der Waals surface area contributed by atoms with Gasteiger partial charge in [-0.25, -0.2) is 4.39 Å². The zero-order valence-electron chi connectivity index (χ0n) is 14.8. The molecule has 1 N–H and O–H groups in total. The molecule has 136 valence electrons. The molecular weight excluding hydrogens is 345 g/mol. The lowest BCUT2D eigenvalue weighted by Crippen LogP contribution is -2.13.